The van der Waals surface area contributed by atoms with E-state index in [0.29, 0.717) is 23.4 Å². The predicted octanol–water partition coefficient (Wildman–Crippen LogP) is 2.94. The highest BCUT2D eigenvalue weighted by Gasteiger charge is 2.47. The van der Waals surface area contributed by atoms with Crippen molar-refractivity contribution >= 4 is 28.4 Å². The normalized spacial score (nSPS) is 27.1. The van der Waals surface area contributed by atoms with E-state index in [-0.39, 0.29) is 23.8 Å². The highest BCUT2D eigenvalue weighted by atomic mass is 16.5. The Balaban J connectivity index is 1.09. The molecule has 0 radical (unpaired) electrons. The number of nitrogens with two attached hydrogens (primary N) is 1. The number of allylic oxidation sites excluding steroid dienone is 1. The number of methoxy groups -OCH3 is 1. The molecule has 1 amide bonds. The number of hydrogen-bond acceptors (Lipinski definition) is 8. The first-order chi connectivity index (χ1) is 20.0. The number of amides is 1. The van der Waals surface area contributed by atoms with E-state index in [1.54, 1.807) is 13.3 Å². The maximum atomic E-state index is 12.3. The maximum absolute atomic E-state index is 12.3. The second kappa shape index (κ2) is 10.6. The van der Waals surface area contributed by atoms with E-state index < -0.39 is 0 Å². The number of likely N-dealkylation sites (N-methyl/N-ethyl adjacent to an activating group) is 1. The van der Waals surface area contributed by atoms with E-state index in [1.165, 1.54) is 44.7 Å². The lowest BCUT2D eigenvalue weighted by molar-refractivity contribution is -0.122. The van der Waals surface area contributed by atoms with Crippen LogP contribution in [0.25, 0.3) is 22.6 Å². The summed E-state index contributed by atoms with van der Waals surface area (Å²) in [5.41, 5.74) is 10.2. The van der Waals surface area contributed by atoms with Gasteiger partial charge in [0.25, 0.3) is 0 Å². The summed E-state index contributed by atoms with van der Waals surface area (Å²) in [5.74, 6) is 1.54. The number of H-pyrrole nitrogens is 1. The Hall–Kier alpha value is -3.63. The number of pyridine rings is 1. The smallest absolute Gasteiger partial charge is 0.223 e. The molecular weight excluding hydrogens is 516 g/mol. The number of nitrogens with one attached hydrogen (secondary N) is 2. The number of aromatic nitrogens is 3. The van der Waals surface area contributed by atoms with Crippen molar-refractivity contribution < 1.29 is 9.53 Å². The molecule has 10 heteroatoms. The lowest BCUT2D eigenvalue weighted by Crippen LogP contribution is -2.52. The van der Waals surface area contributed by atoms with E-state index in [9.17, 15) is 4.79 Å². The molecule has 4 heterocycles. The van der Waals surface area contributed by atoms with Crippen molar-refractivity contribution in [3.05, 3.63) is 42.6 Å². The van der Waals surface area contributed by atoms with Gasteiger partial charge in [-0.1, -0.05) is 12.2 Å². The number of carbonyl (C=O) groups is 1. The fourth-order valence-electron chi connectivity index (χ4n) is 7.49. The molecule has 3 aromatic rings. The highest BCUT2D eigenvalue weighted by molar-refractivity contribution is 5.89. The number of imidazole rings is 1. The van der Waals surface area contributed by atoms with Gasteiger partial charge in [-0.05, 0) is 56.3 Å². The van der Waals surface area contributed by atoms with Crippen LogP contribution in [0, 0.1) is 17.8 Å². The third-order valence-corrected chi connectivity index (χ3v) is 9.83. The molecule has 4 N–H and O–H groups in total. The zero-order chi connectivity index (χ0) is 28.1. The predicted molar refractivity (Wildman–Crippen MR) is 161 cm³/mol. The van der Waals surface area contributed by atoms with Crippen LogP contribution in [-0.2, 0) is 4.79 Å². The van der Waals surface area contributed by atoms with Crippen molar-refractivity contribution in [1.82, 2.24) is 24.8 Å². The summed E-state index contributed by atoms with van der Waals surface area (Å²) < 4.78 is 5.87. The number of piperidine rings is 1. The minimum atomic E-state index is -0.247. The van der Waals surface area contributed by atoms with Gasteiger partial charge in [-0.25, -0.2) is 9.97 Å². The van der Waals surface area contributed by atoms with Crippen LogP contribution in [0.1, 0.15) is 19.3 Å². The Morgan fingerprint density at radius 3 is 2.61 bits per heavy atom. The average molecular weight is 557 g/mol. The summed E-state index contributed by atoms with van der Waals surface area (Å²) in [6.07, 6.45) is 9.44. The number of ether oxygens (including phenoxy) is 1. The molecule has 1 aromatic carbocycles. The van der Waals surface area contributed by atoms with Gasteiger partial charge in [-0.2, -0.15) is 0 Å². The van der Waals surface area contributed by atoms with E-state index in [1.807, 2.05) is 6.07 Å². The van der Waals surface area contributed by atoms with Crippen molar-refractivity contribution in [3.8, 4) is 17.1 Å². The van der Waals surface area contributed by atoms with Crippen LogP contribution in [0.15, 0.2) is 42.6 Å². The zero-order valence-electron chi connectivity index (χ0n) is 23.9. The molecule has 4 atom stereocenters. The van der Waals surface area contributed by atoms with Gasteiger partial charge in [-0.15, -0.1) is 0 Å². The molecule has 2 bridgehead atoms. The second-order valence-corrected chi connectivity index (χ2v) is 12.1. The molecule has 3 fully saturated rings. The molecule has 216 valence electrons. The second-order valence-electron chi connectivity index (χ2n) is 12.1. The summed E-state index contributed by atoms with van der Waals surface area (Å²) in [6.45, 7) is 6.79. The first kappa shape index (κ1) is 26.3. The number of benzene rings is 1. The van der Waals surface area contributed by atoms with E-state index in [0.717, 1.165) is 42.0 Å². The van der Waals surface area contributed by atoms with Crippen LogP contribution in [0.4, 0.5) is 11.4 Å². The van der Waals surface area contributed by atoms with Gasteiger partial charge in [0, 0.05) is 69.3 Å². The van der Waals surface area contributed by atoms with Gasteiger partial charge < -0.3 is 30.6 Å². The third-order valence-electron chi connectivity index (χ3n) is 9.83. The van der Waals surface area contributed by atoms with Crippen LogP contribution < -0.4 is 20.7 Å². The van der Waals surface area contributed by atoms with Crippen LogP contribution in [-0.4, -0.2) is 96.2 Å². The van der Waals surface area contributed by atoms with Gasteiger partial charge in [0.2, 0.25) is 5.91 Å². The largest absolute Gasteiger partial charge is 0.496 e. The van der Waals surface area contributed by atoms with E-state index in [2.05, 4.69) is 67.4 Å². The molecule has 2 aliphatic carbocycles. The number of aromatic amines is 1. The van der Waals surface area contributed by atoms with Crippen molar-refractivity contribution in [1.29, 1.82) is 0 Å². The SMILES string of the molecule is COc1cc(N2CCC(N3CCN(C)CC3)CC2)ccc1-c1nc2nccc(N[C@H]3[C@@H](C(N)=O)[C@@H]4C=C[C@@H]3C4)c2[nH]1. The lowest BCUT2D eigenvalue weighted by Gasteiger charge is -2.42. The summed E-state index contributed by atoms with van der Waals surface area (Å²) in [6, 6.07) is 8.98. The molecule has 0 spiro atoms. The van der Waals surface area contributed by atoms with Gasteiger partial charge in [-0.3, -0.25) is 9.69 Å². The van der Waals surface area contributed by atoms with Gasteiger partial charge in [0.05, 0.1) is 24.3 Å². The summed E-state index contributed by atoms with van der Waals surface area (Å²) in [4.78, 5) is 32.7. The van der Waals surface area contributed by atoms with E-state index in [4.69, 9.17) is 15.5 Å². The molecule has 4 aliphatic rings. The number of fused-ring (bicyclic) bond motifs is 3. The molecule has 10 nitrogen and oxygen atoms in total. The Kier molecular flexibility index (Phi) is 6.83. The molecule has 41 heavy (non-hydrogen) atoms. The monoisotopic (exact) mass is 556 g/mol. The van der Waals surface area contributed by atoms with Crippen LogP contribution >= 0.6 is 0 Å². The minimum absolute atomic E-state index is 0.0333. The van der Waals surface area contributed by atoms with Crippen molar-refractivity contribution in [2.75, 3.05) is 63.6 Å². The Morgan fingerprint density at radius 1 is 1.07 bits per heavy atom. The lowest BCUT2D eigenvalue weighted by atomic mass is 9.88. The molecule has 2 aromatic heterocycles. The Bertz CT molecular complexity index is 1450. The van der Waals surface area contributed by atoms with Crippen LogP contribution in [0.5, 0.6) is 5.75 Å². The van der Waals surface area contributed by atoms with Gasteiger partial charge in [0.15, 0.2) is 5.65 Å². The first-order valence-electron chi connectivity index (χ1n) is 14.9. The molecule has 0 unspecified atom stereocenters. The number of nitrogens with zero attached hydrogens (tertiary/aromatic N) is 5. The van der Waals surface area contributed by atoms with Crippen molar-refractivity contribution in [2.24, 2.45) is 23.5 Å². The Labute approximate surface area is 240 Å². The highest BCUT2D eigenvalue weighted by Crippen LogP contribution is 2.45. The van der Waals surface area contributed by atoms with Crippen LogP contribution in [0.3, 0.4) is 0 Å². The standard InChI is InChI=1S/C31H40N8O2/c1-37-13-15-39(16-14-37)21-8-11-38(12-9-21)22-5-6-23(25(18-22)41-2)30-35-28-24(7-10-33-31(28)36-30)34-27-20-4-3-19(17-20)26(27)29(32)40/h3-7,10,18-21,26-27H,8-9,11-17H2,1-2H3,(H2,32,40)(H2,33,34,35,36)/t19-,20-,26+,27-/m1/s1. The minimum Gasteiger partial charge on any atom is -0.496 e. The molecular formula is C31H40N8O2. The zero-order valence-corrected chi connectivity index (χ0v) is 23.9. The summed E-state index contributed by atoms with van der Waals surface area (Å²) >= 11 is 0. The summed E-state index contributed by atoms with van der Waals surface area (Å²) in [5, 5.41) is 3.61. The van der Waals surface area contributed by atoms with E-state index >= 15 is 0 Å². The Morgan fingerprint density at radius 2 is 1.85 bits per heavy atom. The first-order valence-corrected chi connectivity index (χ1v) is 14.9. The molecule has 7 rings (SSSR count). The number of carbonyl (C=O) groups excluding carboxylic acids is 1. The number of primary amides is 1. The molecule has 1 saturated carbocycles. The number of rotatable bonds is 7. The average Bonchev–Trinajstić information content (AvgIpc) is 3.73. The maximum Gasteiger partial charge on any atom is 0.223 e. The number of anilines is 2. The molecule has 2 saturated heterocycles. The fraction of sp³-hybridized carbons (Fsp3) is 0.516. The quantitative estimate of drug-likeness (QED) is 0.381. The number of piperazine rings is 1. The number of hydrogen-bond donors (Lipinski definition) is 3. The third kappa shape index (κ3) is 4.82. The summed E-state index contributed by atoms with van der Waals surface area (Å²) in [7, 11) is 3.93. The van der Waals surface area contributed by atoms with Gasteiger partial charge in [0.1, 0.15) is 17.1 Å². The van der Waals surface area contributed by atoms with Crippen LogP contribution in [0.2, 0.25) is 0 Å². The van der Waals surface area contributed by atoms with Gasteiger partial charge >= 0.3 is 0 Å². The topological polar surface area (TPSA) is 116 Å². The van der Waals surface area contributed by atoms with Crippen molar-refractivity contribution in [2.45, 2.75) is 31.3 Å². The molecule has 2 aliphatic heterocycles. The van der Waals surface area contributed by atoms with Crippen molar-refractivity contribution in [3.63, 3.8) is 0 Å². The fourth-order valence-corrected chi connectivity index (χ4v) is 7.49.